The summed E-state index contributed by atoms with van der Waals surface area (Å²) < 4.78 is 0.304. The zero-order valence-electron chi connectivity index (χ0n) is 12.4. The number of halogens is 1. The summed E-state index contributed by atoms with van der Waals surface area (Å²) in [7, 11) is 0. The van der Waals surface area contributed by atoms with Crippen molar-refractivity contribution in [2.45, 2.75) is 6.92 Å². The maximum Gasteiger partial charge on any atom is 0.285 e. The number of aryl methyl sites for hydroxylation is 1. The van der Waals surface area contributed by atoms with Crippen molar-refractivity contribution < 1.29 is 9.59 Å². The van der Waals surface area contributed by atoms with E-state index >= 15 is 0 Å². The fourth-order valence-electron chi connectivity index (χ4n) is 1.88. The number of hydrogen-bond acceptors (Lipinski definition) is 6. The summed E-state index contributed by atoms with van der Waals surface area (Å²) in [5, 5.41) is 3.07. The van der Waals surface area contributed by atoms with Crippen LogP contribution in [0.5, 0.6) is 0 Å². The van der Waals surface area contributed by atoms with Gasteiger partial charge in [0.15, 0.2) is 4.32 Å². The third-order valence-corrected chi connectivity index (χ3v) is 5.38. The summed E-state index contributed by atoms with van der Waals surface area (Å²) in [5.41, 5.74) is 4.04. The Morgan fingerprint density at radius 2 is 2.04 bits per heavy atom. The molecule has 1 N–H and O–H groups in total. The van der Waals surface area contributed by atoms with Crippen LogP contribution in [0.25, 0.3) is 6.08 Å². The lowest BCUT2D eigenvalue weighted by Gasteiger charge is -2.15. The van der Waals surface area contributed by atoms with Crippen LogP contribution in [0.1, 0.15) is 20.8 Å². The van der Waals surface area contributed by atoms with Gasteiger partial charge in [-0.05, 0) is 54.4 Å². The molecule has 2 aromatic rings. The second kappa shape index (κ2) is 7.89. The van der Waals surface area contributed by atoms with E-state index in [1.165, 1.54) is 24.2 Å². The van der Waals surface area contributed by atoms with Crippen molar-refractivity contribution in [3.63, 3.8) is 0 Å². The molecule has 9 heteroatoms. The van der Waals surface area contributed by atoms with Crippen molar-refractivity contribution in [3.05, 3.63) is 56.9 Å². The maximum absolute atomic E-state index is 12.4. The van der Waals surface area contributed by atoms with E-state index in [4.69, 9.17) is 12.2 Å². The number of pyridine rings is 1. The molecule has 2 amide bonds. The number of rotatable bonds is 3. The second-order valence-electron chi connectivity index (χ2n) is 4.66. The largest absolute Gasteiger partial charge is 0.285 e. The predicted molar refractivity (Wildman–Crippen MR) is 103 cm³/mol. The van der Waals surface area contributed by atoms with E-state index in [1.54, 1.807) is 29.5 Å². The zero-order chi connectivity index (χ0) is 16.4. The number of thiocarbonyl (C=S) groups is 1. The number of carbonyl (C=O) groups excluding carboxylic acids is 2. The Bertz CT molecular complexity index is 820. The lowest BCUT2D eigenvalue weighted by atomic mass is 10.2. The Kier molecular flexibility index (Phi) is 6.11. The van der Waals surface area contributed by atoms with E-state index in [9.17, 15) is 9.59 Å². The van der Waals surface area contributed by atoms with Crippen LogP contribution >= 0.6 is 47.7 Å². The number of amides is 2. The third kappa shape index (κ3) is 3.84. The number of hydrazine groups is 1. The van der Waals surface area contributed by atoms with Gasteiger partial charge in [0, 0.05) is 22.8 Å². The van der Waals surface area contributed by atoms with Gasteiger partial charge < -0.3 is 0 Å². The molecule has 0 aliphatic carbocycles. The van der Waals surface area contributed by atoms with E-state index in [0.29, 0.717) is 14.8 Å². The highest BCUT2D eigenvalue weighted by atomic mass is 35.5. The van der Waals surface area contributed by atoms with Crippen molar-refractivity contribution in [2.75, 3.05) is 0 Å². The molecule has 0 unspecified atom stereocenters. The highest BCUT2D eigenvalue weighted by molar-refractivity contribution is 8.26. The molecule has 0 aromatic carbocycles. The Morgan fingerprint density at radius 3 is 2.67 bits per heavy atom. The van der Waals surface area contributed by atoms with Crippen LogP contribution in [0.15, 0.2) is 40.9 Å². The smallest absolute Gasteiger partial charge is 0.267 e. The van der Waals surface area contributed by atoms with E-state index in [2.05, 4.69) is 10.4 Å². The minimum Gasteiger partial charge on any atom is -0.267 e. The number of thiophene rings is 1. The van der Waals surface area contributed by atoms with Gasteiger partial charge >= 0.3 is 0 Å². The first-order chi connectivity index (χ1) is 11.1. The Hall–Kier alpha value is -1.74. The summed E-state index contributed by atoms with van der Waals surface area (Å²) in [4.78, 5) is 30.0. The fraction of sp³-hybridized carbons (Fsp3) is 0.0667. The van der Waals surface area contributed by atoms with Gasteiger partial charge in [0.25, 0.3) is 11.8 Å². The number of nitrogens with one attached hydrogen (secondary N) is 1. The first-order valence-electron chi connectivity index (χ1n) is 6.59. The fourth-order valence-corrected chi connectivity index (χ4v) is 3.98. The van der Waals surface area contributed by atoms with Crippen LogP contribution < -0.4 is 5.43 Å². The maximum atomic E-state index is 12.4. The van der Waals surface area contributed by atoms with Gasteiger partial charge in [0.05, 0.1) is 4.91 Å². The third-order valence-electron chi connectivity index (χ3n) is 3.11. The molecule has 1 saturated heterocycles. The normalized spacial score (nSPS) is 15.5. The molecule has 1 aliphatic rings. The van der Waals surface area contributed by atoms with Gasteiger partial charge in [-0.25, -0.2) is 0 Å². The van der Waals surface area contributed by atoms with Crippen LogP contribution in [0.4, 0.5) is 0 Å². The topological polar surface area (TPSA) is 62.3 Å². The first-order valence-corrected chi connectivity index (χ1v) is 8.70. The van der Waals surface area contributed by atoms with Crippen LogP contribution in [-0.4, -0.2) is 26.1 Å². The molecule has 24 heavy (non-hydrogen) atoms. The van der Waals surface area contributed by atoms with Crippen LogP contribution in [-0.2, 0) is 4.79 Å². The van der Waals surface area contributed by atoms with Crippen molar-refractivity contribution in [2.24, 2.45) is 0 Å². The number of thioether (sulfide) groups is 1. The Balaban J connectivity index is 0.00000208. The van der Waals surface area contributed by atoms with E-state index in [1.807, 2.05) is 18.4 Å². The summed E-state index contributed by atoms with van der Waals surface area (Å²) in [5.74, 6) is -0.729. The minimum absolute atomic E-state index is 0. The molecule has 1 aliphatic heterocycles. The molecule has 0 radical (unpaired) electrons. The van der Waals surface area contributed by atoms with Crippen molar-refractivity contribution in [1.29, 1.82) is 0 Å². The van der Waals surface area contributed by atoms with Gasteiger partial charge in [-0.3, -0.25) is 20.0 Å². The number of aromatic nitrogens is 1. The molecule has 3 rings (SSSR count). The molecule has 3 heterocycles. The molecule has 2 aromatic heterocycles. The van der Waals surface area contributed by atoms with Crippen molar-refractivity contribution >= 4 is 69.9 Å². The van der Waals surface area contributed by atoms with Crippen LogP contribution in [0, 0.1) is 6.92 Å². The SMILES string of the molecule is Cc1ccsc1/C=C1\SC(=S)N(NC(=O)c2ccncc2)C1=O.Cl. The second-order valence-corrected chi connectivity index (χ2v) is 7.29. The standard InChI is InChI=1S/C15H11N3O2S3.ClH/c1-9-4-7-22-11(9)8-12-14(20)18(15(21)23-12)17-13(19)10-2-5-16-6-3-10;/h2-8H,1H3,(H,17,19);1H/b12-8-;. The number of carbonyl (C=O) groups is 2. The molecule has 0 bridgehead atoms. The lowest BCUT2D eigenvalue weighted by Crippen LogP contribution is -2.44. The molecular formula is C15H12ClN3O2S3. The van der Waals surface area contributed by atoms with Crippen LogP contribution in [0.3, 0.4) is 0 Å². The van der Waals surface area contributed by atoms with Crippen LogP contribution in [0.2, 0.25) is 0 Å². The summed E-state index contributed by atoms with van der Waals surface area (Å²) in [6.07, 6.45) is 4.83. The summed E-state index contributed by atoms with van der Waals surface area (Å²) in [6.45, 7) is 1.98. The van der Waals surface area contributed by atoms with Gasteiger partial charge in [-0.1, -0.05) is 11.8 Å². The molecule has 5 nitrogen and oxygen atoms in total. The highest BCUT2D eigenvalue weighted by Crippen LogP contribution is 2.33. The molecule has 0 spiro atoms. The Labute approximate surface area is 158 Å². The minimum atomic E-state index is -0.405. The molecule has 1 fully saturated rings. The first kappa shape index (κ1) is 18.6. The quantitative estimate of drug-likeness (QED) is 0.635. The van der Waals surface area contributed by atoms with E-state index < -0.39 is 5.91 Å². The Morgan fingerprint density at radius 1 is 1.33 bits per heavy atom. The zero-order valence-corrected chi connectivity index (χ0v) is 15.7. The predicted octanol–water partition coefficient (Wildman–Crippen LogP) is 3.42. The van der Waals surface area contributed by atoms with Gasteiger partial charge in [0.2, 0.25) is 0 Å². The van der Waals surface area contributed by atoms with Crippen molar-refractivity contribution in [1.82, 2.24) is 15.4 Å². The highest BCUT2D eigenvalue weighted by Gasteiger charge is 2.33. The monoisotopic (exact) mass is 397 g/mol. The average Bonchev–Trinajstić information content (AvgIpc) is 3.07. The summed E-state index contributed by atoms with van der Waals surface area (Å²) in [6, 6.07) is 5.12. The molecule has 0 saturated carbocycles. The summed E-state index contributed by atoms with van der Waals surface area (Å²) >= 11 is 7.92. The average molecular weight is 398 g/mol. The van der Waals surface area contributed by atoms with Gasteiger partial charge in [0.1, 0.15) is 0 Å². The number of hydrogen-bond donors (Lipinski definition) is 1. The molecule has 0 atom stereocenters. The molecular weight excluding hydrogens is 386 g/mol. The number of nitrogens with zero attached hydrogens (tertiary/aromatic N) is 2. The lowest BCUT2D eigenvalue weighted by molar-refractivity contribution is -0.123. The van der Waals surface area contributed by atoms with E-state index in [-0.39, 0.29) is 18.3 Å². The van der Waals surface area contributed by atoms with Crippen molar-refractivity contribution in [3.8, 4) is 0 Å². The molecule has 124 valence electrons. The van der Waals surface area contributed by atoms with Gasteiger partial charge in [-0.2, -0.15) is 5.01 Å². The van der Waals surface area contributed by atoms with Gasteiger partial charge in [-0.15, -0.1) is 23.7 Å². The van der Waals surface area contributed by atoms with E-state index in [0.717, 1.165) is 15.4 Å².